The summed E-state index contributed by atoms with van der Waals surface area (Å²) in [6.07, 6.45) is 0. The lowest BCUT2D eigenvalue weighted by Gasteiger charge is -2.24. The van der Waals surface area contributed by atoms with Gasteiger partial charge in [-0.05, 0) is 144 Å². The van der Waals surface area contributed by atoms with Crippen molar-refractivity contribution in [3.63, 3.8) is 0 Å². The Morgan fingerprint density at radius 2 is 0.597 bits per heavy atom. The van der Waals surface area contributed by atoms with Crippen LogP contribution in [0, 0.1) is 27.7 Å². The molecule has 0 bridgehead atoms. The van der Waals surface area contributed by atoms with Crippen LogP contribution in [-0.2, 0) is 0 Å². The molecule has 0 saturated heterocycles. The first kappa shape index (κ1) is 46.2. The highest BCUT2D eigenvalue weighted by atomic mass is 31.2. The van der Waals surface area contributed by atoms with Crippen LogP contribution >= 0.6 is 17.2 Å². The van der Waals surface area contributed by atoms with Gasteiger partial charge in [0.1, 0.15) is 34.5 Å². The normalized spacial score (nSPS) is 11.5. The molecule has 0 aromatic heterocycles. The molecule has 7 nitrogen and oxygen atoms in total. The highest BCUT2D eigenvalue weighted by Gasteiger charge is 2.30. The number of benzene rings is 6. The Labute approximate surface area is 371 Å². The second kappa shape index (κ2) is 20.7. The number of ketones is 1. The molecule has 324 valence electrons. The molecule has 0 aliphatic heterocycles. The van der Waals surface area contributed by atoms with E-state index in [1.54, 1.807) is 24.3 Å². The second-order valence-corrected chi connectivity index (χ2v) is 19.1. The highest BCUT2D eigenvalue weighted by molar-refractivity contribution is 7.43. The minimum absolute atomic E-state index is 0.183. The van der Waals surface area contributed by atoms with Crippen LogP contribution in [0.3, 0.4) is 0 Å². The van der Waals surface area contributed by atoms with Gasteiger partial charge in [-0.1, -0.05) is 128 Å². The summed E-state index contributed by atoms with van der Waals surface area (Å²) in [5.74, 6) is 3.73. The predicted octanol–water partition coefficient (Wildman–Crippen LogP) is 16.2. The Morgan fingerprint density at radius 3 is 0.855 bits per heavy atom. The molecular formula is C53H60O7P2. The molecule has 62 heavy (non-hydrogen) atoms. The molecule has 0 saturated carbocycles. The molecule has 0 radical (unpaired) electrons. The Hall–Kier alpha value is -5.35. The van der Waals surface area contributed by atoms with E-state index in [-0.39, 0.29) is 29.5 Å². The summed E-state index contributed by atoms with van der Waals surface area (Å²) >= 11 is 0. The van der Waals surface area contributed by atoms with E-state index < -0.39 is 17.2 Å². The van der Waals surface area contributed by atoms with Crippen LogP contribution in [0.15, 0.2) is 121 Å². The van der Waals surface area contributed by atoms with E-state index in [1.807, 2.05) is 76.2 Å². The first-order valence-corrected chi connectivity index (χ1v) is 23.6. The zero-order chi connectivity index (χ0) is 44.7. The van der Waals surface area contributed by atoms with Gasteiger partial charge in [-0.25, -0.2) is 0 Å². The van der Waals surface area contributed by atoms with Crippen molar-refractivity contribution in [3.8, 4) is 34.5 Å². The van der Waals surface area contributed by atoms with E-state index in [4.69, 9.17) is 27.1 Å². The maximum absolute atomic E-state index is 14.9. The van der Waals surface area contributed by atoms with Gasteiger partial charge in [0.2, 0.25) is 5.78 Å². The summed E-state index contributed by atoms with van der Waals surface area (Å²) in [7, 11) is -4.26. The van der Waals surface area contributed by atoms with Gasteiger partial charge in [0.25, 0.3) is 0 Å². The van der Waals surface area contributed by atoms with Gasteiger partial charge in [0.15, 0.2) is 0 Å². The third-order valence-electron chi connectivity index (χ3n) is 10.5. The minimum atomic E-state index is -2.13. The molecule has 0 heterocycles. The zero-order valence-corrected chi connectivity index (χ0v) is 39.9. The topological polar surface area (TPSA) is 72.5 Å². The van der Waals surface area contributed by atoms with Gasteiger partial charge < -0.3 is 27.1 Å². The first-order chi connectivity index (χ1) is 29.6. The third kappa shape index (κ3) is 11.6. The molecule has 0 amide bonds. The van der Waals surface area contributed by atoms with Crippen molar-refractivity contribution < 1.29 is 31.9 Å². The van der Waals surface area contributed by atoms with Crippen LogP contribution in [0.4, 0.5) is 0 Å². The molecule has 6 rings (SSSR count). The van der Waals surface area contributed by atoms with Crippen LogP contribution in [0.1, 0.15) is 139 Å². The standard InChI is InChI=1S/C53H60O7P2/c1-33(2)41-25-21-37(9)29-49(41)57-61(58-50-30-38(10)22-26-42(50)34(3)4)55-47-19-15-13-17-45(47)53(54)46-18-14-16-20-48(46)56-62(59-51-31-39(11)23-27-43(51)35(5)6)60-52-32-40(12)24-28-44(52)36(7)8/h13-36H,1-12H3. The third-order valence-corrected chi connectivity index (χ3v) is 12.5. The van der Waals surface area contributed by atoms with Gasteiger partial charge in [-0.15, -0.1) is 0 Å². The zero-order valence-electron chi connectivity index (χ0n) is 38.1. The molecule has 0 N–H and O–H groups in total. The molecule has 0 fully saturated rings. The molecule has 6 aromatic rings. The van der Waals surface area contributed by atoms with E-state index in [9.17, 15) is 4.79 Å². The van der Waals surface area contributed by atoms with Crippen LogP contribution in [0.25, 0.3) is 0 Å². The number of para-hydroxylation sites is 2. The lowest BCUT2D eigenvalue weighted by molar-refractivity contribution is 0.103. The van der Waals surface area contributed by atoms with Crippen molar-refractivity contribution in [2.24, 2.45) is 0 Å². The number of aryl methyl sites for hydroxylation is 4. The maximum atomic E-state index is 14.9. The van der Waals surface area contributed by atoms with Crippen LogP contribution in [-0.4, -0.2) is 5.78 Å². The van der Waals surface area contributed by atoms with Gasteiger partial charge in [0, 0.05) is 0 Å². The summed E-state index contributed by atoms with van der Waals surface area (Å²) in [6.45, 7) is 25.1. The summed E-state index contributed by atoms with van der Waals surface area (Å²) in [5.41, 5.74) is 8.92. The molecule has 9 heteroatoms. The summed E-state index contributed by atoms with van der Waals surface area (Å²) in [5, 5.41) is 0. The molecule has 0 atom stereocenters. The summed E-state index contributed by atoms with van der Waals surface area (Å²) in [4.78, 5) is 14.9. The Balaban J connectivity index is 1.39. The predicted molar refractivity (Wildman–Crippen MR) is 255 cm³/mol. The molecule has 0 unspecified atom stereocenters. The largest absolute Gasteiger partial charge is 0.530 e. The molecular weight excluding hydrogens is 811 g/mol. The van der Waals surface area contributed by atoms with Gasteiger partial charge in [-0.3, -0.25) is 4.79 Å². The van der Waals surface area contributed by atoms with E-state index >= 15 is 0 Å². The van der Waals surface area contributed by atoms with Crippen LogP contribution in [0.5, 0.6) is 34.5 Å². The summed E-state index contributed by atoms with van der Waals surface area (Å²) < 4.78 is 40.4. The lowest BCUT2D eigenvalue weighted by Crippen LogP contribution is -2.11. The van der Waals surface area contributed by atoms with E-state index in [1.165, 1.54) is 0 Å². The molecule has 0 spiro atoms. The fourth-order valence-corrected chi connectivity index (χ4v) is 9.13. The van der Waals surface area contributed by atoms with Crippen LogP contribution < -0.4 is 27.1 Å². The SMILES string of the molecule is Cc1ccc(C(C)C)c(OP(Oc2ccccc2C(=O)c2ccccc2OP(Oc2cc(C)ccc2C(C)C)Oc2cc(C)ccc2C(C)C)Oc2cc(C)ccc2C(C)C)c1. The number of carbonyl (C=O) groups excluding carboxylic acids is 1. The second-order valence-electron chi connectivity index (χ2n) is 17.1. The number of hydrogen-bond donors (Lipinski definition) is 0. The van der Waals surface area contributed by atoms with E-state index in [0.717, 1.165) is 44.5 Å². The number of hydrogen-bond acceptors (Lipinski definition) is 7. The Bertz CT molecular complexity index is 2200. The van der Waals surface area contributed by atoms with Crippen molar-refractivity contribution in [2.45, 2.75) is 107 Å². The minimum Gasteiger partial charge on any atom is -0.408 e. The average molecular weight is 871 g/mol. The summed E-state index contributed by atoms with van der Waals surface area (Å²) in [6, 6.07) is 39.0. The molecule has 6 aromatic carbocycles. The monoisotopic (exact) mass is 870 g/mol. The number of carbonyl (C=O) groups is 1. The lowest BCUT2D eigenvalue weighted by atomic mass is 10.0. The van der Waals surface area contributed by atoms with Gasteiger partial charge in [0.05, 0.1) is 11.1 Å². The molecule has 0 aliphatic rings. The van der Waals surface area contributed by atoms with Crippen molar-refractivity contribution in [2.75, 3.05) is 0 Å². The average Bonchev–Trinajstić information content (AvgIpc) is 3.20. The van der Waals surface area contributed by atoms with Crippen molar-refractivity contribution >= 4 is 23.0 Å². The fraction of sp³-hybridized carbons (Fsp3) is 0.302. The van der Waals surface area contributed by atoms with Gasteiger partial charge in [-0.2, -0.15) is 0 Å². The smallest absolute Gasteiger partial charge is 0.408 e. The van der Waals surface area contributed by atoms with Crippen molar-refractivity contribution in [3.05, 3.63) is 177 Å². The molecule has 0 aliphatic carbocycles. The number of rotatable bonds is 18. The van der Waals surface area contributed by atoms with Gasteiger partial charge >= 0.3 is 17.2 Å². The fourth-order valence-electron chi connectivity index (χ4n) is 7.00. The van der Waals surface area contributed by atoms with Crippen LogP contribution in [0.2, 0.25) is 0 Å². The Morgan fingerprint density at radius 1 is 0.355 bits per heavy atom. The first-order valence-electron chi connectivity index (χ1n) is 21.4. The van der Waals surface area contributed by atoms with E-state index in [2.05, 4.69) is 104 Å². The quantitative estimate of drug-likeness (QED) is 0.0629. The van der Waals surface area contributed by atoms with Crippen molar-refractivity contribution in [1.82, 2.24) is 0 Å². The van der Waals surface area contributed by atoms with E-state index in [0.29, 0.717) is 45.6 Å². The van der Waals surface area contributed by atoms with Crippen molar-refractivity contribution in [1.29, 1.82) is 0 Å². The maximum Gasteiger partial charge on any atom is 0.530 e. The Kier molecular flexibility index (Phi) is 15.4. The highest BCUT2D eigenvalue weighted by Crippen LogP contribution is 2.49.